The third kappa shape index (κ3) is 1.72. The van der Waals surface area contributed by atoms with E-state index in [0.29, 0.717) is 11.3 Å². The van der Waals surface area contributed by atoms with Gasteiger partial charge in [-0.05, 0) is 6.92 Å². The number of hydrogen-bond acceptors (Lipinski definition) is 2. The van der Waals surface area contributed by atoms with Gasteiger partial charge in [-0.25, -0.2) is 0 Å². The predicted octanol–water partition coefficient (Wildman–Crippen LogP) is 0.310. The summed E-state index contributed by atoms with van der Waals surface area (Å²) in [5.41, 5.74) is 0.712. The smallest absolute Gasteiger partial charge is 0.308 e. The van der Waals surface area contributed by atoms with Gasteiger partial charge in [-0.3, -0.25) is 9.59 Å². The average Bonchev–Trinajstić information content (AvgIpc) is 1.97. The lowest BCUT2D eigenvalue weighted by atomic mass is 10.1. The molecule has 0 spiro atoms. The van der Waals surface area contributed by atoms with Crippen molar-refractivity contribution in [2.75, 3.05) is 0 Å². The third-order valence-electron chi connectivity index (χ3n) is 1.61. The molecule has 4 heteroatoms. The van der Waals surface area contributed by atoms with Crippen molar-refractivity contribution in [3.63, 3.8) is 0 Å². The van der Waals surface area contributed by atoms with E-state index in [1.807, 2.05) is 0 Å². The first-order valence-electron chi connectivity index (χ1n) is 3.50. The Morgan fingerprint density at radius 3 is 2.83 bits per heavy atom. The number of carbonyl (C=O) groups is 1. The second-order valence-corrected chi connectivity index (χ2v) is 2.52. The Hall–Kier alpha value is -1.58. The highest BCUT2D eigenvalue weighted by Crippen LogP contribution is 1.98. The molecule has 0 aliphatic carbocycles. The standard InChI is InChI=1S/C8H9NO3/c1-5-6(4-8(11)12)7(10)2-3-9-5/h2-3H,4H2,1H3,(H,9,10)(H,11,12). The predicted molar refractivity (Wildman–Crippen MR) is 43.1 cm³/mol. The Kier molecular flexibility index (Phi) is 2.28. The molecule has 0 bridgehead atoms. The number of hydrogen-bond donors (Lipinski definition) is 2. The lowest BCUT2D eigenvalue weighted by molar-refractivity contribution is -0.136. The number of carboxylic acid groups (broad SMARTS) is 1. The maximum Gasteiger partial charge on any atom is 0.308 e. The summed E-state index contributed by atoms with van der Waals surface area (Å²) in [6, 6.07) is 1.32. The molecule has 0 unspecified atom stereocenters. The highest BCUT2D eigenvalue weighted by Gasteiger charge is 2.06. The van der Waals surface area contributed by atoms with Gasteiger partial charge in [0.05, 0.1) is 6.42 Å². The van der Waals surface area contributed by atoms with Gasteiger partial charge >= 0.3 is 5.97 Å². The fourth-order valence-electron chi connectivity index (χ4n) is 0.986. The van der Waals surface area contributed by atoms with Crippen molar-refractivity contribution < 1.29 is 9.90 Å². The van der Waals surface area contributed by atoms with E-state index >= 15 is 0 Å². The summed E-state index contributed by atoms with van der Waals surface area (Å²) in [6.07, 6.45) is 1.28. The van der Waals surface area contributed by atoms with Crippen LogP contribution < -0.4 is 5.43 Å². The summed E-state index contributed by atoms with van der Waals surface area (Å²) in [5.74, 6) is -0.991. The van der Waals surface area contributed by atoms with Gasteiger partial charge in [-0.1, -0.05) is 0 Å². The second kappa shape index (κ2) is 3.21. The fraction of sp³-hybridized carbons (Fsp3) is 0.250. The van der Waals surface area contributed by atoms with E-state index < -0.39 is 5.97 Å². The van der Waals surface area contributed by atoms with E-state index in [0.717, 1.165) is 0 Å². The van der Waals surface area contributed by atoms with Crippen molar-refractivity contribution in [2.24, 2.45) is 0 Å². The van der Waals surface area contributed by atoms with Gasteiger partial charge in [0, 0.05) is 23.5 Å². The number of H-pyrrole nitrogens is 1. The van der Waals surface area contributed by atoms with Crippen molar-refractivity contribution in [3.8, 4) is 0 Å². The third-order valence-corrected chi connectivity index (χ3v) is 1.61. The number of aryl methyl sites for hydroxylation is 1. The lowest BCUT2D eigenvalue weighted by Crippen LogP contribution is -2.15. The van der Waals surface area contributed by atoms with Crippen LogP contribution in [0.15, 0.2) is 17.1 Å². The van der Waals surface area contributed by atoms with Crippen molar-refractivity contribution in [1.29, 1.82) is 0 Å². The van der Waals surface area contributed by atoms with Crippen LogP contribution in [-0.4, -0.2) is 16.1 Å². The van der Waals surface area contributed by atoms with E-state index in [2.05, 4.69) is 4.98 Å². The molecule has 1 aromatic heterocycles. The van der Waals surface area contributed by atoms with Crippen LogP contribution in [0.4, 0.5) is 0 Å². The van der Waals surface area contributed by atoms with Gasteiger partial charge in [0.1, 0.15) is 0 Å². The van der Waals surface area contributed by atoms with Crippen LogP contribution >= 0.6 is 0 Å². The van der Waals surface area contributed by atoms with Crippen molar-refractivity contribution in [1.82, 2.24) is 4.98 Å². The second-order valence-electron chi connectivity index (χ2n) is 2.52. The van der Waals surface area contributed by atoms with Crippen molar-refractivity contribution in [2.45, 2.75) is 13.3 Å². The molecule has 1 heterocycles. The quantitative estimate of drug-likeness (QED) is 0.666. The van der Waals surface area contributed by atoms with Gasteiger partial charge < -0.3 is 10.1 Å². The molecular formula is C8H9NO3. The molecule has 0 atom stereocenters. The molecule has 4 nitrogen and oxygen atoms in total. The summed E-state index contributed by atoms with van der Waals surface area (Å²) >= 11 is 0. The number of rotatable bonds is 2. The lowest BCUT2D eigenvalue weighted by Gasteiger charge is -1.99. The SMILES string of the molecule is Cc1[nH]ccc(=O)c1CC(=O)O. The number of pyridine rings is 1. The van der Waals surface area contributed by atoms with E-state index in [1.165, 1.54) is 12.3 Å². The van der Waals surface area contributed by atoms with Gasteiger partial charge in [0.25, 0.3) is 0 Å². The highest BCUT2D eigenvalue weighted by molar-refractivity contribution is 5.70. The summed E-state index contributed by atoms with van der Waals surface area (Å²) in [4.78, 5) is 24.2. The molecule has 0 radical (unpaired) electrons. The van der Waals surface area contributed by atoms with Crippen molar-refractivity contribution >= 4 is 5.97 Å². The first kappa shape index (κ1) is 8.52. The minimum atomic E-state index is -0.991. The maximum atomic E-state index is 11.1. The first-order chi connectivity index (χ1) is 5.61. The number of aliphatic carboxylic acids is 1. The largest absolute Gasteiger partial charge is 0.481 e. The van der Waals surface area contributed by atoms with Gasteiger partial charge in [-0.2, -0.15) is 0 Å². The zero-order chi connectivity index (χ0) is 9.14. The monoisotopic (exact) mass is 167 g/mol. The average molecular weight is 167 g/mol. The molecule has 0 saturated carbocycles. The Labute approximate surface area is 68.9 Å². The Morgan fingerprint density at radius 2 is 2.33 bits per heavy atom. The molecule has 0 amide bonds. The maximum absolute atomic E-state index is 11.1. The molecule has 2 N–H and O–H groups in total. The Balaban J connectivity index is 3.13. The van der Waals surface area contributed by atoms with Crippen molar-refractivity contribution in [3.05, 3.63) is 33.7 Å². The van der Waals surface area contributed by atoms with E-state index in [-0.39, 0.29) is 11.8 Å². The van der Waals surface area contributed by atoms with E-state index in [1.54, 1.807) is 6.92 Å². The van der Waals surface area contributed by atoms with Gasteiger partial charge in [-0.15, -0.1) is 0 Å². The Bertz CT molecular complexity index is 354. The van der Waals surface area contributed by atoms with Crippen LogP contribution in [0.2, 0.25) is 0 Å². The summed E-state index contributed by atoms with van der Waals surface area (Å²) in [7, 11) is 0. The summed E-state index contributed by atoms with van der Waals surface area (Å²) in [5, 5.41) is 8.46. The van der Waals surface area contributed by atoms with Crippen LogP contribution in [0.5, 0.6) is 0 Å². The first-order valence-corrected chi connectivity index (χ1v) is 3.50. The molecule has 0 aliphatic heterocycles. The molecule has 64 valence electrons. The van der Waals surface area contributed by atoms with E-state index in [9.17, 15) is 9.59 Å². The topological polar surface area (TPSA) is 70.2 Å². The normalized spacial score (nSPS) is 9.75. The summed E-state index contributed by atoms with van der Waals surface area (Å²) in [6.45, 7) is 1.68. The molecule has 0 aliphatic rings. The molecule has 1 rings (SSSR count). The van der Waals surface area contributed by atoms with Crippen LogP contribution in [0, 0.1) is 6.92 Å². The van der Waals surface area contributed by atoms with Gasteiger partial charge in [0.15, 0.2) is 5.43 Å². The summed E-state index contributed by atoms with van der Waals surface area (Å²) < 4.78 is 0. The number of aromatic nitrogens is 1. The number of carboxylic acids is 1. The fourth-order valence-corrected chi connectivity index (χ4v) is 0.986. The van der Waals surface area contributed by atoms with E-state index in [4.69, 9.17) is 5.11 Å². The minimum Gasteiger partial charge on any atom is -0.481 e. The number of aromatic amines is 1. The Morgan fingerprint density at radius 1 is 1.67 bits per heavy atom. The molecule has 0 aromatic carbocycles. The van der Waals surface area contributed by atoms with Crippen LogP contribution in [0.1, 0.15) is 11.3 Å². The zero-order valence-electron chi connectivity index (χ0n) is 6.63. The van der Waals surface area contributed by atoms with Crippen LogP contribution in [-0.2, 0) is 11.2 Å². The highest BCUT2D eigenvalue weighted by atomic mass is 16.4. The molecule has 0 fully saturated rings. The zero-order valence-corrected chi connectivity index (χ0v) is 6.63. The minimum absolute atomic E-state index is 0.220. The number of nitrogens with one attached hydrogen (secondary N) is 1. The van der Waals surface area contributed by atoms with Gasteiger partial charge in [0.2, 0.25) is 0 Å². The molecule has 12 heavy (non-hydrogen) atoms. The van der Waals surface area contributed by atoms with Crippen LogP contribution in [0.3, 0.4) is 0 Å². The molecule has 0 saturated heterocycles. The molecular weight excluding hydrogens is 158 g/mol. The van der Waals surface area contributed by atoms with Crippen LogP contribution in [0.25, 0.3) is 0 Å². The molecule has 1 aromatic rings.